The summed E-state index contributed by atoms with van der Waals surface area (Å²) in [7, 11) is 0. The normalized spacial score (nSPS) is 29.2. The minimum absolute atomic E-state index is 0.107. The highest BCUT2D eigenvalue weighted by Gasteiger charge is 2.25. The van der Waals surface area contributed by atoms with E-state index in [0.29, 0.717) is 19.3 Å². The summed E-state index contributed by atoms with van der Waals surface area (Å²) in [4.78, 5) is 21.5. The van der Waals surface area contributed by atoms with E-state index in [1.165, 1.54) is 0 Å². The van der Waals surface area contributed by atoms with Crippen LogP contribution in [0.5, 0.6) is 0 Å². The smallest absolute Gasteiger partial charge is 0.306 e. The molecule has 1 aliphatic rings. The molecule has 1 aliphatic carbocycles. The molecule has 2 unspecified atom stereocenters. The van der Waals surface area contributed by atoms with Crippen LogP contribution in [-0.4, -0.2) is 17.0 Å². The zero-order chi connectivity index (χ0) is 9.84. The second-order valence-electron chi connectivity index (χ2n) is 3.64. The molecule has 4 heteroatoms. The number of aliphatic carboxylic acids is 1. The van der Waals surface area contributed by atoms with Crippen LogP contribution in [0.15, 0.2) is 0 Å². The fourth-order valence-electron chi connectivity index (χ4n) is 1.83. The van der Waals surface area contributed by atoms with E-state index in [1.807, 2.05) is 0 Å². The number of rotatable bonds is 2. The maximum Gasteiger partial charge on any atom is 0.306 e. The van der Waals surface area contributed by atoms with Crippen LogP contribution in [0.4, 0.5) is 0 Å². The molecule has 0 aliphatic heterocycles. The van der Waals surface area contributed by atoms with Crippen molar-refractivity contribution in [1.82, 2.24) is 0 Å². The van der Waals surface area contributed by atoms with Gasteiger partial charge in [0.1, 0.15) is 0 Å². The van der Waals surface area contributed by atoms with Crippen molar-refractivity contribution < 1.29 is 14.7 Å². The molecular formula is C9H15NO3. The third kappa shape index (κ3) is 2.72. The summed E-state index contributed by atoms with van der Waals surface area (Å²) in [5, 5.41) is 8.77. The number of hydrogen-bond acceptors (Lipinski definition) is 2. The molecule has 1 rings (SSSR count). The van der Waals surface area contributed by atoms with Crippen LogP contribution in [-0.2, 0) is 9.59 Å². The van der Waals surface area contributed by atoms with Crippen LogP contribution in [0.1, 0.15) is 32.1 Å². The molecular weight excluding hydrogens is 170 g/mol. The minimum atomic E-state index is -0.745. The van der Waals surface area contributed by atoms with Gasteiger partial charge in [-0.25, -0.2) is 0 Å². The van der Waals surface area contributed by atoms with Gasteiger partial charge >= 0.3 is 5.97 Å². The van der Waals surface area contributed by atoms with Crippen LogP contribution in [0.25, 0.3) is 0 Å². The van der Waals surface area contributed by atoms with Crippen molar-refractivity contribution in [3.8, 4) is 0 Å². The van der Waals surface area contributed by atoms with Gasteiger partial charge in [-0.2, -0.15) is 0 Å². The van der Waals surface area contributed by atoms with Crippen molar-refractivity contribution in [1.29, 1.82) is 0 Å². The number of carbonyl (C=O) groups excluding carboxylic acids is 1. The first kappa shape index (κ1) is 10.0. The molecule has 13 heavy (non-hydrogen) atoms. The maximum absolute atomic E-state index is 10.9. The number of nitrogens with two attached hydrogens (primary N) is 1. The van der Waals surface area contributed by atoms with E-state index < -0.39 is 5.97 Å². The van der Waals surface area contributed by atoms with Crippen LogP contribution >= 0.6 is 0 Å². The molecule has 0 radical (unpaired) electrons. The second-order valence-corrected chi connectivity index (χ2v) is 3.64. The van der Waals surface area contributed by atoms with Crippen LogP contribution in [0.2, 0.25) is 0 Å². The maximum atomic E-state index is 10.9. The fraction of sp³-hybridized carbons (Fsp3) is 0.778. The van der Waals surface area contributed by atoms with Crippen LogP contribution in [0.3, 0.4) is 0 Å². The summed E-state index contributed by atoms with van der Waals surface area (Å²) in [6.07, 6.45) is 3.44. The molecule has 74 valence electrons. The standard InChI is InChI=1S/C9H15NO3/c10-8(11)6-2-1-3-7(5-4-6)9(12)13/h6-7H,1-5H2,(H2,10,11)(H,12,13). The molecule has 1 fully saturated rings. The topological polar surface area (TPSA) is 80.4 Å². The van der Waals surface area contributed by atoms with Gasteiger partial charge in [0.15, 0.2) is 0 Å². The molecule has 3 N–H and O–H groups in total. The third-order valence-electron chi connectivity index (χ3n) is 2.72. The lowest BCUT2D eigenvalue weighted by molar-refractivity contribution is -0.142. The molecule has 1 saturated carbocycles. The quantitative estimate of drug-likeness (QED) is 0.623. The van der Waals surface area contributed by atoms with E-state index in [0.717, 1.165) is 12.8 Å². The van der Waals surface area contributed by atoms with Crippen molar-refractivity contribution in [2.75, 3.05) is 0 Å². The van der Waals surface area contributed by atoms with E-state index in [2.05, 4.69) is 0 Å². The lowest BCUT2D eigenvalue weighted by Crippen LogP contribution is -2.22. The molecule has 1 amide bonds. The zero-order valence-electron chi connectivity index (χ0n) is 7.53. The highest BCUT2D eigenvalue weighted by molar-refractivity contribution is 5.77. The van der Waals surface area contributed by atoms with E-state index in [-0.39, 0.29) is 17.7 Å². The van der Waals surface area contributed by atoms with E-state index >= 15 is 0 Å². The highest BCUT2D eigenvalue weighted by atomic mass is 16.4. The van der Waals surface area contributed by atoms with E-state index in [9.17, 15) is 9.59 Å². The number of amides is 1. The second kappa shape index (κ2) is 4.25. The van der Waals surface area contributed by atoms with Crippen molar-refractivity contribution in [2.24, 2.45) is 17.6 Å². The predicted octanol–water partition coefficient (Wildman–Crippen LogP) is 0.753. The number of carboxylic acids is 1. The van der Waals surface area contributed by atoms with E-state index in [1.54, 1.807) is 0 Å². The van der Waals surface area contributed by atoms with Gasteiger partial charge in [0.25, 0.3) is 0 Å². The van der Waals surface area contributed by atoms with Crippen LogP contribution < -0.4 is 5.73 Å². The Labute approximate surface area is 77.1 Å². The first-order valence-electron chi connectivity index (χ1n) is 4.63. The molecule has 0 aromatic rings. The van der Waals surface area contributed by atoms with Gasteiger partial charge in [0, 0.05) is 5.92 Å². The summed E-state index contributed by atoms with van der Waals surface area (Å²) in [6, 6.07) is 0. The number of hydrogen-bond donors (Lipinski definition) is 2. The summed E-state index contributed by atoms with van der Waals surface area (Å²) in [5.41, 5.74) is 5.17. The molecule has 0 aromatic carbocycles. The Hall–Kier alpha value is -1.06. The first-order chi connectivity index (χ1) is 6.11. The van der Waals surface area contributed by atoms with Crippen molar-refractivity contribution in [3.63, 3.8) is 0 Å². The van der Waals surface area contributed by atoms with Gasteiger partial charge in [-0.15, -0.1) is 0 Å². The Morgan fingerprint density at radius 3 is 2.15 bits per heavy atom. The summed E-state index contributed by atoms with van der Waals surface area (Å²) >= 11 is 0. The Morgan fingerprint density at radius 1 is 1.08 bits per heavy atom. The van der Waals surface area contributed by atoms with Crippen molar-refractivity contribution in [3.05, 3.63) is 0 Å². The lowest BCUT2D eigenvalue weighted by atomic mass is 9.98. The summed E-state index contributed by atoms with van der Waals surface area (Å²) in [6.45, 7) is 0. The molecule has 0 spiro atoms. The average molecular weight is 185 g/mol. The molecule has 2 atom stereocenters. The van der Waals surface area contributed by atoms with Crippen molar-refractivity contribution in [2.45, 2.75) is 32.1 Å². The monoisotopic (exact) mass is 185 g/mol. The SMILES string of the molecule is NC(=O)C1CCCC(C(=O)O)CC1. The highest BCUT2D eigenvalue weighted by Crippen LogP contribution is 2.27. The molecule has 0 saturated heterocycles. The van der Waals surface area contributed by atoms with Crippen LogP contribution in [0, 0.1) is 11.8 Å². The van der Waals surface area contributed by atoms with Gasteiger partial charge in [-0.1, -0.05) is 6.42 Å². The van der Waals surface area contributed by atoms with Gasteiger partial charge in [0.05, 0.1) is 5.92 Å². The van der Waals surface area contributed by atoms with Crippen molar-refractivity contribution >= 4 is 11.9 Å². The summed E-state index contributed by atoms with van der Waals surface area (Å²) < 4.78 is 0. The number of primary amides is 1. The number of carboxylic acid groups (broad SMARTS) is 1. The zero-order valence-corrected chi connectivity index (χ0v) is 7.53. The van der Waals surface area contributed by atoms with Gasteiger partial charge in [-0.05, 0) is 25.7 Å². The first-order valence-corrected chi connectivity index (χ1v) is 4.63. The minimum Gasteiger partial charge on any atom is -0.481 e. The third-order valence-corrected chi connectivity index (χ3v) is 2.72. The van der Waals surface area contributed by atoms with Gasteiger partial charge in [0.2, 0.25) is 5.91 Å². The summed E-state index contributed by atoms with van der Waals surface area (Å²) in [5.74, 6) is -1.41. The molecule has 0 aromatic heterocycles. The predicted molar refractivity (Wildman–Crippen MR) is 46.9 cm³/mol. The van der Waals surface area contributed by atoms with E-state index in [4.69, 9.17) is 10.8 Å². The Balaban J connectivity index is 2.48. The molecule has 0 bridgehead atoms. The van der Waals surface area contributed by atoms with Gasteiger partial charge in [-0.3, -0.25) is 9.59 Å². The Bertz CT molecular complexity index is 193. The molecule has 4 nitrogen and oxygen atoms in total. The average Bonchev–Trinajstić information content (AvgIpc) is 2.27. The fourth-order valence-corrected chi connectivity index (χ4v) is 1.83. The number of carbonyl (C=O) groups is 2. The lowest BCUT2D eigenvalue weighted by Gasteiger charge is -2.08. The Kier molecular flexibility index (Phi) is 3.28. The largest absolute Gasteiger partial charge is 0.481 e. The Morgan fingerprint density at radius 2 is 1.62 bits per heavy atom. The molecule has 0 heterocycles. The van der Waals surface area contributed by atoms with Gasteiger partial charge < -0.3 is 10.8 Å².